The molecule has 1 fully saturated rings. The van der Waals surface area contributed by atoms with Crippen molar-refractivity contribution in [1.82, 2.24) is 14.9 Å². The van der Waals surface area contributed by atoms with Crippen LogP contribution < -0.4 is 4.90 Å². The molecule has 3 rings (SSSR count). The Hall–Kier alpha value is -2.54. The summed E-state index contributed by atoms with van der Waals surface area (Å²) < 4.78 is 0. The second-order valence-electron chi connectivity index (χ2n) is 6.50. The molecule has 25 heavy (non-hydrogen) atoms. The van der Waals surface area contributed by atoms with Gasteiger partial charge in [-0.05, 0) is 43.5 Å². The minimum absolute atomic E-state index is 0.0734. The van der Waals surface area contributed by atoms with Gasteiger partial charge in [0.2, 0.25) is 0 Å². The van der Waals surface area contributed by atoms with E-state index in [9.17, 15) is 10.1 Å². The van der Waals surface area contributed by atoms with E-state index in [0.29, 0.717) is 11.7 Å². The number of rotatable bonds is 5. The molecular weight excluding hydrogens is 318 g/mol. The van der Waals surface area contributed by atoms with Crippen LogP contribution in [0.5, 0.6) is 0 Å². The Morgan fingerprint density at radius 3 is 2.52 bits per heavy atom. The summed E-state index contributed by atoms with van der Waals surface area (Å²) >= 11 is 0. The molecular formula is C18H23N5O2. The average Bonchev–Trinajstić information content (AvgIpc) is 2.62. The van der Waals surface area contributed by atoms with Gasteiger partial charge in [0.25, 0.3) is 5.69 Å². The Kier molecular flexibility index (Phi) is 5.23. The first kappa shape index (κ1) is 17.3. The maximum absolute atomic E-state index is 10.9. The average molecular weight is 341 g/mol. The molecule has 0 N–H and O–H groups in total. The van der Waals surface area contributed by atoms with Gasteiger partial charge in [0.15, 0.2) is 0 Å². The summed E-state index contributed by atoms with van der Waals surface area (Å²) in [7, 11) is 2.02. The molecule has 2 aromatic rings. The largest absolute Gasteiger partial charge is 0.357 e. The molecule has 3 heterocycles. The van der Waals surface area contributed by atoms with Gasteiger partial charge >= 0.3 is 0 Å². The molecule has 0 aliphatic carbocycles. The van der Waals surface area contributed by atoms with Crippen molar-refractivity contribution in [3.05, 3.63) is 58.0 Å². The maximum atomic E-state index is 10.9. The summed E-state index contributed by atoms with van der Waals surface area (Å²) in [4.78, 5) is 23.6. The number of piperidine rings is 1. The summed E-state index contributed by atoms with van der Waals surface area (Å²) in [6.45, 7) is 4.70. The zero-order valence-corrected chi connectivity index (χ0v) is 14.6. The predicted molar refractivity (Wildman–Crippen MR) is 96.6 cm³/mol. The van der Waals surface area contributed by atoms with Crippen LogP contribution in [0.4, 0.5) is 11.5 Å². The van der Waals surface area contributed by atoms with Gasteiger partial charge in [-0.15, -0.1) is 0 Å². The van der Waals surface area contributed by atoms with Crippen LogP contribution in [0.2, 0.25) is 0 Å². The third kappa shape index (κ3) is 4.11. The monoisotopic (exact) mass is 341 g/mol. The van der Waals surface area contributed by atoms with E-state index in [4.69, 9.17) is 0 Å². The number of nitro groups is 1. The van der Waals surface area contributed by atoms with E-state index in [2.05, 4.69) is 31.9 Å². The van der Waals surface area contributed by atoms with Crippen LogP contribution in [-0.2, 0) is 6.54 Å². The van der Waals surface area contributed by atoms with E-state index >= 15 is 0 Å². The summed E-state index contributed by atoms with van der Waals surface area (Å²) in [6.07, 6.45) is 5.77. The number of likely N-dealkylation sites (tertiary alicyclic amines) is 1. The van der Waals surface area contributed by atoms with Crippen molar-refractivity contribution in [2.45, 2.75) is 32.4 Å². The molecule has 0 atom stereocenters. The van der Waals surface area contributed by atoms with Crippen LogP contribution >= 0.6 is 0 Å². The minimum atomic E-state index is -0.385. The van der Waals surface area contributed by atoms with Gasteiger partial charge in [0.1, 0.15) is 11.5 Å². The Morgan fingerprint density at radius 2 is 1.92 bits per heavy atom. The smallest absolute Gasteiger partial charge is 0.290 e. The number of anilines is 1. The van der Waals surface area contributed by atoms with Gasteiger partial charge in [0.05, 0.1) is 4.92 Å². The van der Waals surface area contributed by atoms with Crippen LogP contribution in [-0.4, -0.2) is 46.0 Å². The zero-order chi connectivity index (χ0) is 17.8. The quantitative estimate of drug-likeness (QED) is 0.615. The lowest BCUT2D eigenvalue weighted by Gasteiger charge is -2.37. The normalized spacial score (nSPS) is 15.9. The molecule has 0 radical (unpaired) electrons. The molecule has 1 aliphatic heterocycles. The molecule has 0 amide bonds. The third-order valence-corrected chi connectivity index (χ3v) is 4.86. The SMILES string of the molecule is Cc1nc(N(C)C2CCN(Cc3ccncc3)CC2)ccc1[N+](=O)[O-]. The van der Waals surface area contributed by atoms with Crippen LogP contribution in [0.15, 0.2) is 36.7 Å². The Balaban J connectivity index is 1.59. The second kappa shape index (κ2) is 7.57. The first-order chi connectivity index (χ1) is 12.0. The Bertz CT molecular complexity index is 730. The molecule has 2 aromatic heterocycles. The highest BCUT2D eigenvalue weighted by atomic mass is 16.6. The van der Waals surface area contributed by atoms with Crippen molar-refractivity contribution in [1.29, 1.82) is 0 Å². The van der Waals surface area contributed by atoms with Crippen LogP contribution in [0.1, 0.15) is 24.1 Å². The molecule has 1 saturated heterocycles. The molecule has 0 aromatic carbocycles. The third-order valence-electron chi connectivity index (χ3n) is 4.86. The topological polar surface area (TPSA) is 75.4 Å². The summed E-state index contributed by atoms with van der Waals surface area (Å²) in [5, 5.41) is 10.9. The molecule has 0 spiro atoms. The Labute approximate surface area is 147 Å². The Morgan fingerprint density at radius 1 is 1.24 bits per heavy atom. The lowest BCUT2D eigenvalue weighted by Crippen LogP contribution is -2.43. The second-order valence-corrected chi connectivity index (χ2v) is 6.50. The summed E-state index contributed by atoms with van der Waals surface area (Å²) in [5.41, 5.74) is 1.82. The molecule has 0 saturated carbocycles. The maximum Gasteiger partial charge on any atom is 0.290 e. The predicted octanol–water partition coefficient (Wildman–Crippen LogP) is 2.79. The van der Waals surface area contributed by atoms with Gasteiger partial charge in [-0.25, -0.2) is 4.98 Å². The fourth-order valence-corrected chi connectivity index (χ4v) is 3.33. The molecule has 0 bridgehead atoms. The minimum Gasteiger partial charge on any atom is -0.357 e. The number of aryl methyl sites for hydroxylation is 1. The van der Waals surface area contributed by atoms with Gasteiger partial charge in [-0.1, -0.05) is 0 Å². The van der Waals surface area contributed by atoms with Crippen LogP contribution in [0.25, 0.3) is 0 Å². The lowest BCUT2D eigenvalue weighted by molar-refractivity contribution is -0.385. The van der Waals surface area contributed by atoms with E-state index in [1.165, 1.54) is 5.56 Å². The fourth-order valence-electron chi connectivity index (χ4n) is 3.33. The first-order valence-electron chi connectivity index (χ1n) is 8.50. The van der Waals surface area contributed by atoms with Crippen molar-refractivity contribution in [3.8, 4) is 0 Å². The number of aromatic nitrogens is 2. The van der Waals surface area contributed by atoms with Crippen LogP contribution in [0, 0.1) is 17.0 Å². The number of hydrogen-bond acceptors (Lipinski definition) is 6. The standard InChI is InChI=1S/C18H23N5O2/c1-14-17(23(24)25)3-4-18(20-14)21(2)16-7-11-22(12-8-16)13-15-5-9-19-10-6-15/h3-6,9-10,16H,7-8,11-13H2,1-2H3. The van der Waals surface area contributed by atoms with Crippen molar-refractivity contribution in [3.63, 3.8) is 0 Å². The molecule has 7 nitrogen and oxygen atoms in total. The van der Waals surface area contributed by atoms with E-state index in [0.717, 1.165) is 38.3 Å². The van der Waals surface area contributed by atoms with Crippen molar-refractivity contribution in [2.75, 3.05) is 25.0 Å². The highest BCUT2D eigenvalue weighted by molar-refractivity contribution is 5.47. The van der Waals surface area contributed by atoms with E-state index in [1.807, 2.05) is 19.4 Å². The highest BCUT2D eigenvalue weighted by Gasteiger charge is 2.24. The van der Waals surface area contributed by atoms with Gasteiger partial charge < -0.3 is 4.90 Å². The zero-order valence-electron chi connectivity index (χ0n) is 14.6. The van der Waals surface area contributed by atoms with Crippen molar-refractivity contribution < 1.29 is 4.92 Å². The summed E-state index contributed by atoms with van der Waals surface area (Å²) in [6, 6.07) is 7.81. The fraction of sp³-hybridized carbons (Fsp3) is 0.444. The lowest BCUT2D eigenvalue weighted by atomic mass is 10.0. The summed E-state index contributed by atoms with van der Waals surface area (Å²) in [5.74, 6) is 0.802. The molecule has 132 valence electrons. The van der Waals surface area contributed by atoms with Gasteiger partial charge in [-0.3, -0.25) is 20.0 Å². The molecule has 0 unspecified atom stereocenters. The number of hydrogen-bond donors (Lipinski definition) is 0. The number of nitrogens with zero attached hydrogens (tertiary/aromatic N) is 5. The van der Waals surface area contributed by atoms with E-state index < -0.39 is 0 Å². The molecule has 1 aliphatic rings. The van der Waals surface area contributed by atoms with E-state index in [1.54, 1.807) is 19.1 Å². The van der Waals surface area contributed by atoms with E-state index in [-0.39, 0.29) is 10.6 Å². The highest BCUT2D eigenvalue weighted by Crippen LogP contribution is 2.24. The van der Waals surface area contributed by atoms with Gasteiger partial charge in [0, 0.05) is 51.2 Å². The molecule has 7 heteroatoms. The number of pyridine rings is 2. The van der Waals surface area contributed by atoms with Crippen molar-refractivity contribution in [2.24, 2.45) is 0 Å². The van der Waals surface area contributed by atoms with Crippen molar-refractivity contribution >= 4 is 11.5 Å². The van der Waals surface area contributed by atoms with Gasteiger partial charge in [-0.2, -0.15) is 0 Å². The van der Waals surface area contributed by atoms with Crippen LogP contribution in [0.3, 0.4) is 0 Å². The first-order valence-corrected chi connectivity index (χ1v) is 8.50.